The Hall–Kier alpha value is -1.75. The minimum absolute atomic E-state index is 0.299. The highest BCUT2D eigenvalue weighted by Gasteiger charge is 2.17. The van der Waals surface area contributed by atoms with Crippen molar-refractivity contribution in [3.05, 3.63) is 35.4 Å². The highest BCUT2D eigenvalue weighted by atomic mass is 15.4. The standard InChI is InChI=1S/C12H17N5/c1-8(7-13)11-9(2)16-17(10(11)3)12-14-5-4-6-15-12/h4-6,8H,7,13H2,1-3H3. The van der Waals surface area contributed by atoms with Crippen LogP contribution in [0.3, 0.4) is 0 Å². The lowest BCUT2D eigenvalue weighted by atomic mass is 9.99. The van der Waals surface area contributed by atoms with E-state index in [0.29, 0.717) is 18.4 Å². The number of aromatic nitrogens is 4. The van der Waals surface area contributed by atoms with Gasteiger partial charge in [0, 0.05) is 23.7 Å². The third-order valence-electron chi connectivity index (χ3n) is 2.94. The third kappa shape index (κ3) is 2.06. The zero-order valence-electron chi connectivity index (χ0n) is 10.4. The molecule has 0 spiro atoms. The minimum Gasteiger partial charge on any atom is -0.330 e. The molecular formula is C12H17N5. The predicted octanol–water partition coefficient (Wildman–Crippen LogP) is 1.34. The summed E-state index contributed by atoms with van der Waals surface area (Å²) in [5.41, 5.74) is 8.97. The van der Waals surface area contributed by atoms with Gasteiger partial charge >= 0.3 is 0 Å². The lowest BCUT2D eigenvalue weighted by molar-refractivity contribution is 0.751. The zero-order valence-corrected chi connectivity index (χ0v) is 10.4. The number of hydrogen-bond donors (Lipinski definition) is 1. The summed E-state index contributed by atoms with van der Waals surface area (Å²) >= 11 is 0. The van der Waals surface area contributed by atoms with E-state index in [2.05, 4.69) is 22.0 Å². The van der Waals surface area contributed by atoms with Gasteiger partial charge in [-0.05, 0) is 32.4 Å². The van der Waals surface area contributed by atoms with Crippen molar-refractivity contribution in [3.8, 4) is 5.95 Å². The van der Waals surface area contributed by atoms with Gasteiger partial charge in [-0.25, -0.2) is 14.6 Å². The Labute approximate surface area is 101 Å². The number of nitrogens with two attached hydrogens (primary N) is 1. The van der Waals surface area contributed by atoms with Crippen LogP contribution in [0.4, 0.5) is 0 Å². The molecule has 1 unspecified atom stereocenters. The van der Waals surface area contributed by atoms with Gasteiger partial charge in [0.2, 0.25) is 0 Å². The second kappa shape index (κ2) is 4.63. The molecular weight excluding hydrogens is 214 g/mol. The highest BCUT2D eigenvalue weighted by Crippen LogP contribution is 2.23. The predicted molar refractivity (Wildman–Crippen MR) is 66.1 cm³/mol. The van der Waals surface area contributed by atoms with Gasteiger partial charge in [0.25, 0.3) is 5.95 Å². The molecule has 0 bridgehead atoms. The Morgan fingerprint density at radius 2 is 1.94 bits per heavy atom. The molecule has 2 aromatic heterocycles. The van der Waals surface area contributed by atoms with Gasteiger partial charge in [-0.2, -0.15) is 5.10 Å². The molecule has 0 aliphatic rings. The van der Waals surface area contributed by atoms with Crippen LogP contribution in [-0.2, 0) is 0 Å². The van der Waals surface area contributed by atoms with E-state index in [9.17, 15) is 0 Å². The largest absolute Gasteiger partial charge is 0.330 e. The molecule has 0 fully saturated rings. The quantitative estimate of drug-likeness (QED) is 0.865. The molecule has 5 nitrogen and oxygen atoms in total. The van der Waals surface area contributed by atoms with E-state index in [0.717, 1.165) is 11.4 Å². The summed E-state index contributed by atoms with van der Waals surface area (Å²) in [5, 5.41) is 4.49. The Balaban J connectivity index is 2.52. The van der Waals surface area contributed by atoms with Crippen LogP contribution >= 0.6 is 0 Å². The first kappa shape index (κ1) is 11.7. The first-order valence-electron chi connectivity index (χ1n) is 5.68. The van der Waals surface area contributed by atoms with Crippen LogP contribution in [0.15, 0.2) is 18.5 Å². The zero-order chi connectivity index (χ0) is 12.4. The van der Waals surface area contributed by atoms with Crippen LogP contribution in [-0.4, -0.2) is 26.3 Å². The molecule has 0 aliphatic carbocycles. The van der Waals surface area contributed by atoms with E-state index in [4.69, 9.17) is 5.73 Å². The Morgan fingerprint density at radius 3 is 2.53 bits per heavy atom. The highest BCUT2D eigenvalue weighted by molar-refractivity contribution is 5.32. The molecule has 2 aromatic rings. The van der Waals surface area contributed by atoms with Gasteiger partial charge in [-0.1, -0.05) is 6.92 Å². The van der Waals surface area contributed by atoms with E-state index in [1.807, 2.05) is 13.8 Å². The van der Waals surface area contributed by atoms with Crippen molar-refractivity contribution in [3.63, 3.8) is 0 Å². The minimum atomic E-state index is 0.299. The van der Waals surface area contributed by atoms with E-state index >= 15 is 0 Å². The summed E-state index contributed by atoms with van der Waals surface area (Å²) in [6.07, 6.45) is 3.43. The molecule has 5 heteroatoms. The van der Waals surface area contributed by atoms with Gasteiger partial charge < -0.3 is 5.73 Å². The number of rotatable bonds is 3. The van der Waals surface area contributed by atoms with E-state index in [1.165, 1.54) is 5.56 Å². The molecule has 0 amide bonds. The molecule has 0 aliphatic heterocycles. The fraction of sp³-hybridized carbons (Fsp3) is 0.417. The van der Waals surface area contributed by atoms with Crippen molar-refractivity contribution in [2.75, 3.05) is 6.54 Å². The summed E-state index contributed by atoms with van der Waals surface area (Å²) < 4.78 is 1.77. The van der Waals surface area contributed by atoms with Gasteiger partial charge in [0.05, 0.1) is 5.69 Å². The number of aryl methyl sites for hydroxylation is 1. The van der Waals surface area contributed by atoms with Gasteiger partial charge in [-0.3, -0.25) is 0 Å². The number of nitrogens with zero attached hydrogens (tertiary/aromatic N) is 4. The lowest BCUT2D eigenvalue weighted by Crippen LogP contribution is -2.11. The molecule has 0 saturated heterocycles. The fourth-order valence-corrected chi connectivity index (χ4v) is 2.08. The average molecular weight is 231 g/mol. The van der Waals surface area contributed by atoms with Gasteiger partial charge in [0.15, 0.2) is 0 Å². The molecule has 0 aromatic carbocycles. The molecule has 17 heavy (non-hydrogen) atoms. The molecule has 2 heterocycles. The van der Waals surface area contributed by atoms with E-state index < -0.39 is 0 Å². The van der Waals surface area contributed by atoms with Crippen LogP contribution in [0, 0.1) is 13.8 Å². The van der Waals surface area contributed by atoms with E-state index in [-0.39, 0.29) is 0 Å². The molecule has 2 rings (SSSR count). The smallest absolute Gasteiger partial charge is 0.250 e. The van der Waals surface area contributed by atoms with Crippen molar-refractivity contribution in [1.82, 2.24) is 19.7 Å². The normalized spacial score (nSPS) is 12.7. The molecule has 0 saturated carbocycles. The van der Waals surface area contributed by atoms with Crippen molar-refractivity contribution in [1.29, 1.82) is 0 Å². The first-order chi connectivity index (χ1) is 8.15. The molecule has 90 valence electrons. The maximum absolute atomic E-state index is 5.72. The van der Waals surface area contributed by atoms with Crippen molar-refractivity contribution >= 4 is 0 Å². The summed E-state index contributed by atoms with van der Waals surface area (Å²) in [7, 11) is 0. The van der Waals surface area contributed by atoms with Crippen molar-refractivity contribution in [2.45, 2.75) is 26.7 Å². The third-order valence-corrected chi connectivity index (χ3v) is 2.94. The van der Waals surface area contributed by atoms with Crippen LogP contribution in [0.2, 0.25) is 0 Å². The second-order valence-corrected chi connectivity index (χ2v) is 4.18. The fourth-order valence-electron chi connectivity index (χ4n) is 2.08. The van der Waals surface area contributed by atoms with E-state index in [1.54, 1.807) is 23.1 Å². The molecule has 0 radical (unpaired) electrons. The van der Waals surface area contributed by atoms with Crippen LogP contribution in [0.25, 0.3) is 5.95 Å². The van der Waals surface area contributed by atoms with Gasteiger partial charge in [0.1, 0.15) is 0 Å². The van der Waals surface area contributed by atoms with Gasteiger partial charge in [-0.15, -0.1) is 0 Å². The Morgan fingerprint density at radius 1 is 1.29 bits per heavy atom. The number of hydrogen-bond acceptors (Lipinski definition) is 4. The second-order valence-electron chi connectivity index (χ2n) is 4.18. The monoisotopic (exact) mass is 231 g/mol. The summed E-state index contributed by atoms with van der Waals surface area (Å²) in [4.78, 5) is 8.42. The first-order valence-corrected chi connectivity index (χ1v) is 5.68. The Kier molecular flexibility index (Phi) is 3.19. The van der Waals surface area contributed by atoms with Crippen LogP contribution < -0.4 is 5.73 Å². The van der Waals surface area contributed by atoms with Crippen LogP contribution in [0.1, 0.15) is 29.8 Å². The summed E-state index contributed by atoms with van der Waals surface area (Å²) in [6.45, 7) is 6.74. The Bertz CT molecular complexity index is 503. The maximum atomic E-state index is 5.72. The molecule has 2 N–H and O–H groups in total. The molecule has 1 atom stereocenters. The summed E-state index contributed by atoms with van der Waals surface area (Å²) in [5.74, 6) is 0.899. The summed E-state index contributed by atoms with van der Waals surface area (Å²) in [6, 6.07) is 1.79. The van der Waals surface area contributed by atoms with Crippen molar-refractivity contribution < 1.29 is 0 Å². The SMILES string of the molecule is Cc1nn(-c2ncccn2)c(C)c1C(C)CN. The maximum Gasteiger partial charge on any atom is 0.250 e. The topological polar surface area (TPSA) is 69.6 Å². The van der Waals surface area contributed by atoms with Crippen molar-refractivity contribution in [2.24, 2.45) is 5.73 Å². The lowest BCUT2D eigenvalue weighted by Gasteiger charge is -2.09. The van der Waals surface area contributed by atoms with Crippen LogP contribution in [0.5, 0.6) is 0 Å². The average Bonchev–Trinajstić information content (AvgIpc) is 2.65.